The second-order valence-corrected chi connectivity index (χ2v) is 8.47. The Morgan fingerprint density at radius 2 is 1.86 bits per heavy atom. The summed E-state index contributed by atoms with van der Waals surface area (Å²) < 4.78 is 8.26. The van der Waals surface area contributed by atoms with Crippen LogP contribution in [0.2, 0.25) is 0 Å². The molecule has 3 aromatic rings. The van der Waals surface area contributed by atoms with Gasteiger partial charge in [-0.15, -0.1) is 0 Å². The summed E-state index contributed by atoms with van der Waals surface area (Å²) in [6, 6.07) is 14.3. The highest BCUT2D eigenvalue weighted by atomic mass is 16.5. The fourth-order valence-electron chi connectivity index (χ4n) is 3.25. The average Bonchev–Trinajstić information content (AvgIpc) is 3.02. The first kappa shape index (κ1) is 20.9. The van der Waals surface area contributed by atoms with Crippen LogP contribution >= 0.6 is 0 Å². The van der Waals surface area contributed by atoms with E-state index in [4.69, 9.17) is 9.72 Å². The van der Waals surface area contributed by atoms with Crippen molar-refractivity contribution in [1.29, 1.82) is 0 Å². The molecule has 0 saturated carbocycles. The minimum atomic E-state index is -0.389. The van der Waals surface area contributed by atoms with Gasteiger partial charge in [-0.05, 0) is 43.2 Å². The summed E-state index contributed by atoms with van der Waals surface area (Å²) in [7, 11) is 0. The lowest BCUT2D eigenvalue weighted by Crippen LogP contribution is -2.36. The fraction of sp³-hybridized carbons (Fsp3) is 0.417. The molecule has 154 valence electrons. The SMILES string of the molecule is Cc1cccc(OCCn2c(CCNC(=O)C(C)(C)C)nc3ccccc32)c1C. The van der Waals surface area contributed by atoms with Gasteiger partial charge in [0.05, 0.1) is 17.6 Å². The number of carbonyl (C=O) groups is 1. The van der Waals surface area contributed by atoms with Gasteiger partial charge < -0.3 is 14.6 Å². The third-order valence-corrected chi connectivity index (χ3v) is 5.18. The van der Waals surface area contributed by atoms with Crippen LogP contribution in [0.25, 0.3) is 11.0 Å². The summed E-state index contributed by atoms with van der Waals surface area (Å²) in [6.07, 6.45) is 0.681. The van der Waals surface area contributed by atoms with E-state index in [9.17, 15) is 4.79 Å². The highest BCUT2D eigenvalue weighted by Crippen LogP contribution is 2.21. The van der Waals surface area contributed by atoms with Crippen molar-refractivity contribution in [1.82, 2.24) is 14.9 Å². The number of hydrogen-bond donors (Lipinski definition) is 1. The number of hydrogen-bond acceptors (Lipinski definition) is 3. The molecule has 0 unspecified atom stereocenters. The summed E-state index contributed by atoms with van der Waals surface area (Å²) >= 11 is 0. The van der Waals surface area contributed by atoms with E-state index in [-0.39, 0.29) is 11.3 Å². The third-order valence-electron chi connectivity index (χ3n) is 5.18. The molecule has 3 rings (SSSR count). The molecule has 1 amide bonds. The summed E-state index contributed by atoms with van der Waals surface area (Å²) in [5, 5.41) is 3.01. The number of aromatic nitrogens is 2. The zero-order valence-corrected chi connectivity index (χ0v) is 18.1. The molecular weight excluding hydrogens is 362 g/mol. The van der Waals surface area contributed by atoms with Gasteiger partial charge >= 0.3 is 0 Å². The lowest BCUT2D eigenvalue weighted by Gasteiger charge is -2.17. The number of rotatable bonds is 7. The number of nitrogens with one attached hydrogen (secondary N) is 1. The van der Waals surface area contributed by atoms with E-state index in [2.05, 4.69) is 35.9 Å². The Bertz CT molecular complexity index is 999. The van der Waals surface area contributed by atoms with Crippen molar-refractivity contribution in [3.63, 3.8) is 0 Å². The Morgan fingerprint density at radius 3 is 2.62 bits per heavy atom. The largest absolute Gasteiger partial charge is 0.491 e. The van der Waals surface area contributed by atoms with Crippen LogP contribution in [0, 0.1) is 19.3 Å². The van der Waals surface area contributed by atoms with E-state index in [1.54, 1.807) is 0 Å². The Labute approximate surface area is 173 Å². The van der Waals surface area contributed by atoms with Crippen molar-refractivity contribution in [2.75, 3.05) is 13.2 Å². The molecule has 0 aliphatic carbocycles. The molecule has 5 heteroatoms. The van der Waals surface area contributed by atoms with Gasteiger partial charge in [0.15, 0.2) is 0 Å². The van der Waals surface area contributed by atoms with Gasteiger partial charge in [0, 0.05) is 18.4 Å². The van der Waals surface area contributed by atoms with Crippen LogP contribution in [0.15, 0.2) is 42.5 Å². The maximum absolute atomic E-state index is 12.1. The van der Waals surface area contributed by atoms with Gasteiger partial charge in [-0.3, -0.25) is 4.79 Å². The molecule has 5 nitrogen and oxygen atoms in total. The first-order valence-electron chi connectivity index (χ1n) is 10.2. The van der Waals surface area contributed by atoms with Crippen LogP contribution in [0.3, 0.4) is 0 Å². The van der Waals surface area contributed by atoms with E-state index in [1.807, 2.05) is 51.1 Å². The van der Waals surface area contributed by atoms with Crippen molar-refractivity contribution in [2.45, 2.75) is 47.6 Å². The second kappa shape index (κ2) is 8.68. The highest BCUT2D eigenvalue weighted by molar-refractivity contribution is 5.81. The first-order valence-corrected chi connectivity index (χ1v) is 10.2. The van der Waals surface area contributed by atoms with E-state index >= 15 is 0 Å². The quantitative estimate of drug-likeness (QED) is 0.646. The molecule has 2 aromatic carbocycles. The topological polar surface area (TPSA) is 56.1 Å². The predicted octanol–water partition coefficient (Wildman–Crippen LogP) is 4.44. The number of fused-ring (bicyclic) bond motifs is 1. The van der Waals surface area contributed by atoms with Gasteiger partial charge in [0.1, 0.15) is 18.2 Å². The van der Waals surface area contributed by atoms with Gasteiger partial charge in [0.2, 0.25) is 5.91 Å². The number of aryl methyl sites for hydroxylation is 1. The Morgan fingerprint density at radius 1 is 1.10 bits per heavy atom. The summed E-state index contributed by atoms with van der Waals surface area (Å²) in [5.74, 6) is 1.94. The number of amides is 1. The van der Waals surface area contributed by atoms with E-state index in [1.165, 1.54) is 11.1 Å². The molecule has 1 aromatic heterocycles. The van der Waals surface area contributed by atoms with Crippen molar-refractivity contribution in [2.24, 2.45) is 5.41 Å². The lowest BCUT2D eigenvalue weighted by atomic mass is 9.96. The summed E-state index contributed by atoms with van der Waals surface area (Å²) in [5.41, 5.74) is 4.07. The van der Waals surface area contributed by atoms with Crippen LogP contribution in [-0.4, -0.2) is 28.6 Å². The monoisotopic (exact) mass is 393 g/mol. The number of imidazole rings is 1. The Balaban J connectivity index is 1.71. The molecule has 0 aliphatic heterocycles. The Hall–Kier alpha value is -2.82. The number of ether oxygens (including phenoxy) is 1. The first-order chi connectivity index (χ1) is 13.8. The van der Waals surface area contributed by atoms with E-state index < -0.39 is 0 Å². The standard InChI is InChI=1S/C24H31N3O2/c1-17-9-8-12-21(18(17)2)29-16-15-27-20-11-7-6-10-19(20)26-22(27)13-14-25-23(28)24(3,4)5/h6-12H,13-16H2,1-5H3,(H,25,28). The third kappa shape index (κ3) is 4.97. The zero-order valence-electron chi connectivity index (χ0n) is 18.1. The molecule has 0 bridgehead atoms. The van der Waals surface area contributed by atoms with Crippen LogP contribution in [-0.2, 0) is 17.8 Å². The average molecular weight is 394 g/mol. The smallest absolute Gasteiger partial charge is 0.225 e. The predicted molar refractivity (Wildman–Crippen MR) is 117 cm³/mol. The maximum Gasteiger partial charge on any atom is 0.225 e. The van der Waals surface area contributed by atoms with E-state index in [0.29, 0.717) is 26.1 Å². The normalized spacial score (nSPS) is 11.6. The Kier molecular flexibility index (Phi) is 6.26. The fourth-order valence-corrected chi connectivity index (χ4v) is 3.25. The zero-order chi connectivity index (χ0) is 21.0. The molecule has 29 heavy (non-hydrogen) atoms. The minimum Gasteiger partial charge on any atom is -0.491 e. The summed E-state index contributed by atoms with van der Waals surface area (Å²) in [6.45, 7) is 11.8. The van der Waals surface area contributed by atoms with Gasteiger partial charge in [-0.2, -0.15) is 0 Å². The molecule has 0 spiro atoms. The molecule has 0 atom stereocenters. The molecule has 0 fully saturated rings. The second-order valence-electron chi connectivity index (χ2n) is 8.47. The van der Waals surface area contributed by atoms with Crippen LogP contribution < -0.4 is 10.1 Å². The number of nitrogens with zero attached hydrogens (tertiary/aromatic N) is 2. The molecule has 0 aliphatic rings. The molecule has 0 saturated heterocycles. The number of para-hydroxylation sites is 2. The van der Waals surface area contributed by atoms with Crippen LogP contribution in [0.5, 0.6) is 5.75 Å². The minimum absolute atomic E-state index is 0.0541. The van der Waals surface area contributed by atoms with Crippen molar-refractivity contribution in [3.05, 3.63) is 59.4 Å². The maximum atomic E-state index is 12.1. The number of benzene rings is 2. The number of carbonyl (C=O) groups excluding carboxylic acids is 1. The van der Waals surface area contributed by atoms with Gasteiger partial charge in [-0.1, -0.05) is 45.0 Å². The van der Waals surface area contributed by atoms with Crippen LogP contribution in [0.1, 0.15) is 37.7 Å². The van der Waals surface area contributed by atoms with Crippen molar-refractivity contribution >= 4 is 16.9 Å². The van der Waals surface area contributed by atoms with Crippen LogP contribution in [0.4, 0.5) is 0 Å². The molecule has 1 N–H and O–H groups in total. The molecule has 0 radical (unpaired) electrons. The lowest BCUT2D eigenvalue weighted by molar-refractivity contribution is -0.128. The molecule has 1 heterocycles. The van der Waals surface area contributed by atoms with Gasteiger partial charge in [-0.25, -0.2) is 4.98 Å². The molecular formula is C24H31N3O2. The summed E-state index contributed by atoms with van der Waals surface area (Å²) in [4.78, 5) is 16.9. The van der Waals surface area contributed by atoms with E-state index in [0.717, 1.165) is 22.6 Å². The highest BCUT2D eigenvalue weighted by Gasteiger charge is 2.20. The van der Waals surface area contributed by atoms with Gasteiger partial charge in [0.25, 0.3) is 0 Å². The van der Waals surface area contributed by atoms with Crippen molar-refractivity contribution in [3.8, 4) is 5.75 Å². The van der Waals surface area contributed by atoms with Crippen molar-refractivity contribution < 1.29 is 9.53 Å².